The van der Waals surface area contributed by atoms with Crippen molar-refractivity contribution in [2.45, 2.75) is 20.4 Å². The molecule has 0 saturated carbocycles. The van der Waals surface area contributed by atoms with Crippen LogP contribution in [-0.4, -0.2) is 23.9 Å². The molecule has 0 bridgehead atoms. The first-order valence-corrected chi connectivity index (χ1v) is 6.42. The summed E-state index contributed by atoms with van der Waals surface area (Å²) in [7, 11) is 0. The van der Waals surface area contributed by atoms with Crippen molar-refractivity contribution in [1.82, 2.24) is 10.3 Å². The maximum Gasteiger partial charge on any atom is 0.265 e. The summed E-state index contributed by atoms with van der Waals surface area (Å²) < 4.78 is 0. The van der Waals surface area contributed by atoms with Gasteiger partial charge in [0, 0.05) is 25.2 Å². The number of carbonyl (C=O) groups is 1. The van der Waals surface area contributed by atoms with Crippen LogP contribution in [0.5, 0.6) is 0 Å². The Balaban J connectivity index is 2.04. The molecule has 1 aromatic carbocycles. The third-order valence-corrected chi connectivity index (χ3v) is 3.79. The van der Waals surface area contributed by atoms with E-state index in [1.807, 2.05) is 12.1 Å². The van der Waals surface area contributed by atoms with E-state index in [-0.39, 0.29) is 5.91 Å². The lowest BCUT2D eigenvalue weighted by molar-refractivity contribution is 0.0953. The van der Waals surface area contributed by atoms with E-state index in [2.05, 4.69) is 30.2 Å². The highest BCUT2D eigenvalue weighted by atomic mass is 16.2. The number of carbonyl (C=O) groups excluding carboxylic acids is 1. The Labute approximate surface area is 108 Å². The van der Waals surface area contributed by atoms with Crippen LogP contribution in [0.2, 0.25) is 0 Å². The number of amides is 1. The topological polar surface area (TPSA) is 58.4 Å². The smallest absolute Gasteiger partial charge is 0.265 e. The summed E-state index contributed by atoms with van der Waals surface area (Å²) in [6.45, 7) is 7.76. The highest BCUT2D eigenvalue weighted by Crippen LogP contribution is 2.23. The van der Waals surface area contributed by atoms with Crippen LogP contribution in [0.3, 0.4) is 0 Å². The number of hydrogen-bond donors (Lipinski definition) is 2. The fourth-order valence-corrected chi connectivity index (χ4v) is 2.53. The second-order valence-corrected chi connectivity index (χ2v) is 5.32. The van der Waals surface area contributed by atoms with Gasteiger partial charge in [-0.15, -0.1) is 0 Å². The fourth-order valence-electron chi connectivity index (χ4n) is 2.53. The van der Waals surface area contributed by atoms with Crippen molar-refractivity contribution in [3.8, 4) is 0 Å². The van der Waals surface area contributed by atoms with Gasteiger partial charge in [0.25, 0.3) is 5.91 Å². The molecule has 0 aliphatic carbocycles. The van der Waals surface area contributed by atoms with E-state index in [0.717, 1.165) is 37.0 Å². The molecule has 2 unspecified atom stereocenters. The molecule has 1 aliphatic rings. The van der Waals surface area contributed by atoms with Gasteiger partial charge < -0.3 is 0 Å². The van der Waals surface area contributed by atoms with Crippen LogP contribution < -0.4 is 11.3 Å². The molecule has 1 heterocycles. The number of nitrogens with one attached hydrogen (secondary N) is 1. The lowest BCUT2D eigenvalue weighted by Gasteiger charge is -2.15. The molecule has 18 heavy (non-hydrogen) atoms. The SMILES string of the molecule is CC1CN(Cc2cccc(C(=O)NN)c2)CC1C. The van der Waals surface area contributed by atoms with Crippen LogP contribution in [-0.2, 0) is 6.54 Å². The van der Waals surface area contributed by atoms with Crippen molar-refractivity contribution >= 4 is 5.91 Å². The van der Waals surface area contributed by atoms with Crippen molar-refractivity contribution in [2.75, 3.05) is 13.1 Å². The third kappa shape index (κ3) is 2.89. The molecule has 1 aromatic rings. The van der Waals surface area contributed by atoms with Gasteiger partial charge in [-0.3, -0.25) is 15.1 Å². The van der Waals surface area contributed by atoms with Crippen molar-refractivity contribution in [2.24, 2.45) is 17.7 Å². The van der Waals surface area contributed by atoms with Crippen LogP contribution in [0, 0.1) is 11.8 Å². The van der Waals surface area contributed by atoms with Gasteiger partial charge in [-0.2, -0.15) is 0 Å². The number of benzene rings is 1. The molecule has 0 spiro atoms. The molecule has 0 radical (unpaired) electrons. The molecule has 2 rings (SSSR count). The normalized spacial score (nSPS) is 24.2. The first-order chi connectivity index (χ1) is 8.60. The molecular formula is C14H21N3O. The number of rotatable bonds is 3. The third-order valence-electron chi connectivity index (χ3n) is 3.79. The monoisotopic (exact) mass is 247 g/mol. The highest BCUT2D eigenvalue weighted by Gasteiger charge is 2.25. The Hall–Kier alpha value is -1.39. The number of nitrogens with two attached hydrogens (primary N) is 1. The van der Waals surface area contributed by atoms with Gasteiger partial charge in [-0.25, -0.2) is 5.84 Å². The zero-order valence-electron chi connectivity index (χ0n) is 11.0. The van der Waals surface area contributed by atoms with Gasteiger partial charge in [0.2, 0.25) is 0 Å². The predicted molar refractivity (Wildman–Crippen MR) is 71.7 cm³/mol. The molecule has 2 atom stereocenters. The number of nitrogens with zero attached hydrogens (tertiary/aromatic N) is 1. The summed E-state index contributed by atoms with van der Waals surface area (Å²) in [6, 6.07) is 7.65. The zero-order valence-corrected chi connectivity index (χ0v) is 11.0. The van der Waals surface area contributed by atoms with Gasteiger partial charge in [-0.05, 0) is 29.5 Å². The minimum absolute atomic E-state index is 0.236. The van der Waals surface area contributed by atoms with Crippen molar-refractivity contribution < 1.29 is 4.79 Å². The molecular weight excluding hydrogens is 226 g/mol. The molecule has 98 valence electrons. The zero-order chi connectivity index (χ0) is 13.1. The second kappa shape index (κ2) is 5.50. The summed E-state index contributed by atoms with van der Waals surface area (Å²) in [5.41, 5.74) is 3.95. The molecule has 1 fully saturated rings. The number of hydrogen-bond acceptors (Lipinski definition) is 3. The van der Waals surface area contributed by atoms with E-state index >= 15 is 0 Å². The van der Waals surface area contributed by atoms with Crippen molar-refractivity contribution in [3.63, 3.8) is 0 Å². The largest absolute Gasteiger partial charge is 0.299 e. The lowest BCUT2D eigenvalue weighted by Crippen LogP contribution is -2.30. The Morgan fingerprint density at radius 3 is 2.67 bits per heavy atom. The maximum absolute atomic E-state index is 11.5. The summed E-state index contributed by atoms with van der Waals surface area (Å²) in [6.07, 6.45) is 0. The summed E-state index contributed by atoms with van der Waals surface area (Å²) in [5, 5.41) is 0. The van der Waals surface area contributed by atoms with E-state index in [4.69, 9.17) is 5.84 Å². The Bertz CT molecular complexity index is 423. The van der Waals surface area contributed by atoms with Gasteiger partial charge in [0.05, 0.1) is 0 Å². The van der Waals surface area contributed by atoms with Crippen LogP contribution in [0.1, 0.15) is 29.8 Å². The second-order valence-electron chi connectivity index (χ2n) is 5.32. The van der Waals surface area contributed by atoms with Crippen LogP contribution in [0.15, 0.2) is 24.3 Å². The Kier molecular flexibility index (Phi) is 3.99. The molecule has 1 aliphatic heterocycles. The lowest BCUT2D eigenvalue weighted by atomic mass is 10.0. The first-order valence-electron chi connectivity index (χ1n) is 6.42. The van der Waals surface area contributed by atoms with Crippen LogP contribution >= 0.6 is 0 Å². The minimum atomic E-state index is -0.236. The van der Waals surface area contributed by atoms with Crippen LogP contribution in [0.4, 0.5) is 0 Å². The van der Waals surface area contributed by atoms with Crippen LogP contribution in [0.25, 0.3) is 0 Å². The molecule has 1 amide bonds. The van der Waals surface area contributed by atoms with E-state index in [0.29, 0.717) is 5.56 Å². The quantitative estimate of drug-likeness (QED) is 0.482. The van der Waals surface area contributed by atoms with E-state index < -0.39 is 0 Å². The molecule has 4 heteroatoms. The fraction of sp³-hybridized carbons (Fsp3) is 0.500. The average molecular weight is 247 g/mol. The number of hydrazine groups is 1. The van der Waals surface area contributed by atoms with E-state index in [1.54, 1.807) is 6.07 Å². The average Bonchev–Trinajstić information content (AvgIpc) is 2.67. The molecule has 4 nitrogen and oxygen atoms in total. The molecule has 1 saturated heterocycles. The predicted octanol–water partition coefficient (Wildman–Crippen LogP) is 1.38. The molecule has 3 N–H and O–H groups in total. The van der Waals surface area contributed by atoms with E-state index in [9.17, 15) is 4.79 Å². The number of likely N-dealkylation sites (tertiary alicyclic amines) is 1. The first kappa shape index (κ1) is 13.1. The van der Waals surface area contributed by atoms with Crippen molar-refractivity contribution in [3.05, 3.63) is 35.4 Å². The summed E-state index contributed by atoms with van der Waals surface area (Å²) >= 11 is 0. The van der Waals surface area contributed by atoms with E-state index in [1.165, 1.54) is 0 Å². The Morgan fingerprint density at radius 2 is 2.06 bits per heavy atom. The van der Waals surface area contributed by atoms with Gasteiger partial charge in [0.1, 0.15) is 0 Å². The van der Waals surface area contributed by atoms with Gasteiger partial charge in [0.15, 0.2) is 0 Å². The van der Waals surface area contributed by atoms with Crippen molar-refractivity contribution in [1.29, 1.82) is 0 Å². The van der Waals surface area contributed by atoms with Gasteiger partial charge in [-0.1, -0.05) is 26.0 Å². The number of nitrogen functional groups attached to an aromatic ring is 1. The maximum atomic E-state index is 11.5. The Morgan fingerprint density at radius 1 is 1.39 bits per heavy atom. The van der Waals surface area contributed by atoms with Gasteiger partial charge >= 0.3 is 0 Å². The minimum Gasteiger partial charge on any atom is -0.299 e. The standard InChI is InChI=1S/C14H21N3O/c1-10-7-17(8-11(10)2)9-12-4-3-5-13(6-12)14(18)16-15/h3-6,10-11H,7-9,15H2,1-2H3,(H,16,18). The highest BCUT2D eigenvalue weighted by molar-refractivity contribution is 5.93. The summed E-state index contributed by atoms with van der Waals surface area (Å²) in [4.78, 5) is 13.9. The summed E-state index contributed by atoms with van der Waals surface area (Å²) in [5.74, 6) is 6.41. The molecule has 0 aromatic heterocycles.